The average molecular weight is 408 g/mol. The van der Waals surface area contributed by atoms with Gasteiger partial charge in [-0.3, -0.25) is 4.79 Å². The van der Waals surface area contributed by atoms with Gasteiger partial charge in [0.05, 0.1) is 41.0 Å². The van der Waals surface area contributed by atoms with Gasteiger partial charge in [0, 0.05) is 35.9 Å². The van der Waals surface area contributed by atoms with E-state index in [0.717, 1.165) is 48.5 Å². The number of nitrogens with two attached hydrogens (primary N) is 1. The van der Waals surface area contributed by atoms with Crippen LogP contribution in [0, 0.1) is 0 Å². The number of hydrogen-bond donors (Lipinski definition) is 2. The van der Waals surface area contributed by atoms with Crippen molar-refractivity contribution in [2.24, 2.45) is 5.73 Å². The zero-order valence-corrected chi connectivity index (χ0v) is 16.2. The van der Waals surface area contributed by atoms with E-state index in [4.69, 9.17) is 27.1 Å². The molecule has 0 saturated carbocycles. The molecule has 4 heterocycles. The molecule has 5 rings (SSSR count). The maximum atomic E-state index is 12.2. The first-order valence-corrected chi connectivity index (χ1v) is 9.69. The minimum atomic E-state index is -0.513. The number of benzene rings is 1. The van der Waals surface area contributed by atoms with E-state index in [9.17, 15) is 4.79 Å². The summed E-state index contributed by atoms with van der Waals surface area (Å²) in [5.74, 6) is -0.513. The molecule has 146 valence electrons. The lowest BCUT2D eigenvalue weighted by atomic mass is 10.1. The highest BCUT2D eigenvalue weighted by atomic mass is 35.5. The third-order valence-corrected chi connectivity index (χ3v) is 5.43. The van der Waals surface area contributed by atoms with Gasteiger partial charge in [-0.25, -0.2) is 9.97 Å². The van der Waals surface area contributed by atoms with Crippen LogP contribution in [0.25, 0.3) is 33.2 Å². The lowest BCUT2D eigenvalue weighted by Crippen LogP contribution is -2.36. The molecule has 1 aliphatic rings. The van der Waals surface area contributed by atoms with Crippen molar-refractivity contribution in [2.45, 2.75) is 0 Å². The SMILES string of the molecule is NC(=O)c1cc(-c2ccc(Cl)nc2)nc2c1[nH]c1cc(N3CCOCC3)ccc12. The number of carbonyl (C=O) groups is 1. The summed E-state index contributed by atoms with van der Waals surface area (Å²) in [7, 11) is 0. The molecule has 0 aliphatic carbocycles. The van der Waals surface area contributed by atoms with Gasteiger partial charge in [-0.1, -0.05) is 11.6 Å². The van der Waals surface area contributed by atoms with Crippen molar-refractivity contribution >= 4 is 45.1 Å². The molecular weight excluding hydrogens is 390 g/mol. The van der Waals surface area contributed by atoms with Crippen LogP contribution < -0.4 is 10.6 Å². The first kappa shape index (κ1) is 17.9. The predicted molar refractivity (Wildman–Crippen MR) is 113 cm³/mol. The summed E-state index contributed by atoms with van der Waals surface area (Å²) in [5.41, 5.74) is 10.8. The summed E-state index contributed by atoms with van der Waals surface area (Å²) in [6, 6.07) is 11.4. The molecule has 0 atom stereocenters. The lowest BCUT2D eigenvalue weighted by molar-refractivity contribution is 0.100. The number of H-pyrrole nitrogens is 1. The number of anilines is 1. The number of ether oxygens (including phenoxy) is 1. The zero-order chi connectivity index (χ0) is 20.0. The van der Waals surface area contributed by atoms with Crippen LogP contribution >= 0.6 is 11.6 Å². The van der Waals surface area contributed by atoms with E-state index in [1.54, 1.807) is 18.3 Å². The molecule has 3 N–H and O–H groups in total. The van der Waals surface area contributed by atoms with E-state index in [2.05, 4.69) is 27.0 Å². The van der Waals surface area contributed by atoms with Crippen LogP contribution in [0.5, 0.6) is 0 Å². The van der Waals surface area contributed by atoms with Crippen LogP contribution in [-0.2, 0) is 4.74 Å². The molecule has 1 aliphatic heterocycles. The van der Waals surface area contributed by atoms with Crippen molar-refractivity contribution in [2.75, 3.05) is 31.2 Å². The van der Waals surface area contributed by atoms with Crippen LogP contribution in [0.1, 0.15) is 10.4 Å². The first-order valence-electron chi connectivity index (χ1n) is 9.31. The molecule has 1 amide bonds. The Labute approximate surface area is 171 Å². The number of hydrogen-bond acceptors (Lipinski definition) is 5. The predicted octanol–water partition coefficient (Wildman–Crippen LogP) is 3.37. The topological polar surface area (TPSA) is 97.1 Å². The van der Waals surface area contributed by atoms with E-state index in [-0.39, 0.29) is 0 Å². The second-order valence-electron chi connectivity index (χ2n) is 6.97. The zero-order valence-electron chi connectivity index (χ0n) is 15.5. The molecule has 3 aromatic heterocycles. The van der Waals surface area contributed by atoms with Gasteiger partial charge in [0.15, 0.2) is 0 Å². The number of pyridine rings is 2. The summed E-state index contributed by atoms with van der Waals surface area (Å²) in [5, 5.41) is 1.33. The maximum absolute atomic E-state index is 12.2. The van der Waals surface area contributed by atoms with Crippen molar-refractivity contribution in [1.29, 1.82) is 0 Å². The van der Waals surface area contributed by atoms with Crippen molar-refractivity contribution in [1.82, 2.24) is 15.0 Å². The summed E-state index contributed by atoms with van der Waals surface area (Å²) < 4.78 is 5.44. The number of primary amides is 1. The molecule has 8 heteroatoms. The Hall–Kier alpha value is -3.16. The fourth-order valence-corrected chi connectivity index (χ4v) is 3.84. The fraction of sp³-hybridized carbons (Fsp3) is 0.190. The number of aromatic amines is 1. The molecule has 0 radical (unpaired) electrons. The quantitative estimate of drug-likeness (QED) is 0.507. The van der Waals surface area contributed by atoms with E-state index in [1.807, 2.05) is 12.1 Å². The third kappa shape index (κ3) is 3.18. The van der Waals surface area contributed by atoms with E-state index in [0.29, 0.717) is 27.4 Å². The van der Waals surface area contributed by atoms with E-state index in [1.165, 1.54) is 0 Å². The van der Waals surface area contributed by atoms with Crippen LogP contribution in [0.2, 0.25) is 5.15 Å². The first-order chi connectivity index (χ1) is 14.1. The third-order valence-electron chi connectivity index (χ3n) is 5.20. The second-order valence-corrected chi connectivity index (χ2v) is 7.35. The molecule has 1 fully saturated rings. The van der Waals surface area contributed by atoms with Gasteiger partial charge >= 0.3 is 0 Å². The standard InChI is InChI=1S/C21H18ClN5O2/c22-18-4-1-12(11-24-18)16-10-15(21(23)28)20-19(25-16)14-3-2-13(9-17(14)26-20)27-5-7-29-8-6-27/h1-4,9-11,26H,5-8H2,(H2,23,28). The van der Waals surface area contributed by atoms with Gasteiger partial charge in [-0.15, -0.1) is 0 Å². The summed E-state index contributed by atoms with van der Waals surface area (Å²) >= 11 is 5.89. The summed E-state index contributed by atoms with van der Waals surface area (Å²) in [6.07, 6.45) is 1.63. The number of fused-ring (bicyclic) bond motifs is 3. The molecular formula is C21H18ClN5O2. The monoisotopic (exact) mass is 407 g/mol. The van der Waals surface area contributed by atoms with Gasteiger partial charge in [0.25, 0.3) is 5.91 Å². The van der Waals surface area contributed by atoms with Crippen molar-refractivity contribution in [3.8, 4) is 11.3 Å². The van der Waals surface area contributed by atoms with Crippen LogP contribution in [-0.4, -0.2) is 47.2 Å². The number of morpholine rings is 1. The van der Waals surface area contributed by atoms with Crippen LogP contribution in [0.4, 0.5) is 5.69 Å². The average Bonchev–Trinajstić information content (AvgIpc) is 3.12. The Kier molecular flexibility index (Phi) is 4.34. The smallest absolute Gasteiger partial charge is 0.250 e. The molecule has 1 aromatic carbocycles. The van der Waals surface area contributed by atoms with Crippen LogP contribution in [0.15, 0.2) is 42.6 Å². The van der Waals surface area contributed by atoms with Gasteiger partial charge < -0.3 is 20.4 Å². The normalized spacial score (nSPS) is 14.6. The molecule has 7 nitrogen and oxygen atoms in total. The molecule has 0 spiro atoms. The lowest BCUT2D eigenvalue weighted by Gasteiger charge is -2.28. The van der Waals surface area contributed by atoms with Crippen molar-refractivity contribution < 1.29 is 9.53 Å². The second kappa shape index (κ2) is 7.02. The Morgan fingerprint density at radius 1 is 1.17 bits per heavy atom. The summed E-state index contributed by atoms with van der Waals surface area (Å²) in [6.45, 7) is 3.14. The van der Waals surface area contributed by atoms with Gasteiger partial charge in [0.2, 0.25) is 0 Å². The number of aromatic nitrogens is 3. The molecule has 4 aromatic rings. The van der Waals surface area contributed by atoms with Gasteiger partial charge in [-0.2, -0.15) is 0 Å². The van der Waals surface area contributed by atoms with Crippen molar-refractivity contribution in [3.63, 3.8) is 0 Å². The minimum Gasteiger partial charge on any atom is -0.378 e. The summed E-state index contributed by atoms with van der Waals surface area (Å²) in [4.78, 5) is 26.7. The van der Waals surface area contributed by atoms with Crippen LogP contribution in [0.3, 0.4) is 0 Å². The Morgan fingerprint density at radius 3 is 2.72 bits per heavy atom. The minimum absolute atomic E-state index is 0.393. The molecule has 0 bridgehead atoms. The Bertz CT molecular complexity index is 1230. The van der Waals surface area contributed by atoms with Crippen molar-refractivity contribution in [3.05, 3.63) is 53.3 Å². The number of nitrogens with zero attached hydrogens (tertiary/aromatic N) is 3. The van der Waals surface area contributed by atoms with Gasteiger partial charge in [-0.05, 0) is 36.4 Å². The number of nitrogens with one attached hydrogen (secondary N) is 1. The largest absolute Gasteiger partial charge is 0.378 e. The highest BCUT2D eigenvalue weighted by molar-refractivity contribution is 6.29. The maximum Gasteiger partial charge on any atom is 0.250 e. The number of carbonyl (C=O) groups excluding carboxylic acids is 1. The highest BCUT2D eigenvalue weighted by Crippen LogP contribution is 2.32. The Morgan fingerprint density at radius 2 is 2.00 bits per heavy atom. The number of halogens is 1. The van der Waals surface area contributed by atoms with Gasteiger partial charge in [0.1, 0.15) is 5.15 Å². The fourth-order valence-electron chi connectivity index (χ4n) is 3.73. The molecule has 29 heavy (non-hydrogen) atoms. The number of rotatable bonds is 3. The molecule has 1 saturated heterocycles. The van der Waals surface area contributed by atoms with E-state index >= 15 is 0 Å². The van der Waals surface area contributed by atoms with E-state index < -0.39 is 5.91 Å². The highest BCUT2D eigenvalue weighted by Gasteiger charge is 2.18. The molecule has 0 unspecified atom stereocenters. The number of amides is 1. The Balaban J connectivity index is 1.69.